The number of rotatable bonds is 1. The minimum Gasteiger partial charge on any atom is -0.391 e. The number of aromatic nitrogens is 1. The molecule has 2 heterocycles. The Morgan fingerprint density at radius 1 is 1.44 bits per heavy atom. The van der Waals surface area contributed by atoms with E-state index in [1.54, 1.807) is 4.90 Å². The molecule has 1 aliphatic rings. The van der Waals surface area contributed by atoms with E-state index in [2.05, 4.69) is 20.9 Å². The van der Waals surface area contributed by atoms with Gasteiger partial charge in [-0.2, -0.15) is 0 Å². The first-order valence-electron chi connectivity index (χ1n) is 5.89. The number of fused-ring (bicyclic) bond motifs is 1. The molecule has 18 heavy (non-hydrogen) atoms. The summed E-state index contributed by atoms with van der Waals surface area (Å²) in [5.41, 5.74) is 1.52. The number of nitrogens with zero attached hydrogens (tertiary/aromatic N) is 1. The van der Waals surface area contributed by atoms with E-state index in [9.17, 15) is 9.90 Å². The molecule has 1 saturated heterocycles. The Bertz CT molecular complexity index is 608. The highest BCUT2D eigenvalue weighted by Gasteiger charge is 2.26. The molecule has 3 rings (SSSR count). The van der Waals surface area contributed by atoms with E-state index in [1.807, 2.05) is 24.3 Å². The number of carbonyl (C=O) groups excluding carboxylic acids is 1. The van der Waals surface area contributed by atoms with Crippen molar-refractivity contribution in [3.05, 3.63) is 34.4 Å². The Balaban J connectivity index is 1.92. The van der Waals surface area contributed by atoms with Crippen molar-refractivity contribution < 1.29 is 9.90 Å². The summed E-state index contributed by atoms with van der Waals surface area (Å²) >= 11 is 3.40. The minimum absolute atomic E-state index is 0.0427. The lowest BCUT2D eigenvalue weighted by Crippen LogP contribution is -2.29. The number of benzene rings is 1. The molecule has 0 aliphatic carbocycles. The van der Waals surface area contributed by atoms with Gasteiger partial charge in [0.05, 0.1) is 6.10 Å². The summed E-state index contributed by atoms with van der Waals surface area (Å²) in [4.78, 5) is 17.0. The molecule has 1 fully saturated rings. The number of amides is 1. The normalized spacial score (nSPS) is 19.7. The molecule has 1 aliphatic heterocycles. The Kier molecular flexibility index (Phi) is 2.87. The number of hydrogen-bond donors (Lipinski definition) is 2. The van der Waals surface area contributed by atoms with Gasteiger partial charge in [-0.15, -0.1) is 0 Å². The Morgan fingerprint density at radius 3 is 3.00 bits per heavy atom. The van der Waals surface area contributed by atoms with Crippen LogP contribution in [0.1, 0.15) is 16.9 Å². The van der Waals surface area contributed by atoms with Gasteiger partial charge >= 0.3 is 0 Å². The number of aromatic amines is 1. The topological polar surface area (TPSA) is 56.3 Å². The molecule has 1 aromatic carbocycles. The molecule has 0 radical (unpaired) electrons. The van der Waals surface area contributed by atoms with Gasteiger partial charge in [-0.25, -0.2) is 0 Å². The molecule has 2 aromatic rings. The van der Waals surface area contributed by atoms with Gasteiger partial charge in [-0.05, 0) is 24.6 Å². The molecule has 94 valence electrons. The molecule has 1 aromatic heterocycles. The molecule has 1 amide bonds. The first kappa shape index (κ1) is 11.7. The van der Waals surface area contributed by atoms with Crippen LogP contribution < -0.4 is 0 Å². The number of aliphatic hydroxyl groups is 1. The third-order valence-electron chi connectivity index (χ3n) is 3.27. The first-order chi connectivity index (χ1) is 8.63. The largest absolute Gasteiger partial charge is 0.391 e. The second-order valence-corrected chi connectivity index (χ2v) is 5.52. The molecular weight excluding hydrogens is 296 g/mol. The van der Waals surface area contributed by atoms with Crippen LogP contribution in [0.25, 0.3) is 10.9 Å². The van der Waals surface area contributed by atoms with Crippen molar-refractivity contribution in [1.82, 2.24) is 9.88 Å². The van der Waals surface area contributed by atoms with Crippen LogP contribution in [-0.4, -0.2) is 40.1 Å². The Hall–Kier alpha value is -1.33. The van der Waals surface area contributed by atoms with E-state index in [-0.39, 0.29) is 12.0 Å². The predicted octanol–water partition coefficient (Wildman–Crippen LogP) is 2.14. The fraction of sp³-hybridized carbons (Fsp3) is 0.308. The molecule has 0 unspecified atom stereocenters. The molecule has 4 nitrogen and oxygen atoms in total. The summed E-state index contributed by atoms with van der Waals surface area (Å²) in [6.45, 7) is 1.05. The average Bonchev–Trinajstić information content (AvgIpc) is 2.93. The minimum atomic E-state index is -0.382. The number of carbonyl (C=O) groups is 1. The summed E-state index contributed by atoms with van der Waals surface area (Å²) in [6, 6.07) is 7.72. The average molecular weight is 309 g/mol. The highest BCUT2D eigenvalue weighted by molar-refractivity contribution is 9.10. The van der Waals surface area contributed by atoms with Gasteiger partial charge in [0.15, 0.2) is 0 Å². The van der Waals surface area contributed by atoms with Crippen LogP contribution in [0.15, 0.2) is 28.7 Å². The smallest absolute Gasteiger partial charge is 0.270 e. The zero-order valence-corrected chi connectivity index (χ0v) is 11.3. The monoisotopic (exact) mass is 308 g/mol. The maximum Gasteiger partial charge on any atom is 0.270 e. The summed E-state index contributed by atoms with van der Waals surface area (Å²) in [6.07, 6.45) is 0.282. The number of likely N-dealkylation sites (tertiary alicyclic amines) is 1. The Morgan fingerprint density at radius 2 is 2.28 bits per heavy atom. The quantitative estimate of drug-likeness (QED) is 0.848. The third-order valence-corrected chi connectivity index (χ3v) is 3.76. The summed E-state index contributed by atoms with van der Waals surface area (Å²) in [5, 5.41) is 10.5. The number of β-amino-alcohol motifs (C(OH)–C–C–N with tert-alkyl or cyclic N) is 1. The van der Waals surface area contributed by atoms with Gasteiger partial charge in [0.1, 0.15) is 5.69 Å². The molecule has 0 saturated carbocycles. The number of H-pyrrole nitrogens is 1. The van der Waals surface area contributed by atoms with Gasteiger partial charge in [-0.1, -0.05) is 22.0 Å². The van der Waals surface area contributed by atoms with E-state index in [0.29, 0.717) is 25.2 Å². The van der Waals surface area contributed by atoms with E-state index >= 15 is 0 Å². The fourth-order valence-corrected chi connectivity index (χ4v) is 2.67. The lowest BCUT2D eigenvalue weighted by atomic mass is 10.2. The van der Waals surface area contributed by atoms with Crippen molar-refractivity contribution in [2.75, 3.05) is 13.1 Å². The van der Waals surface area contributed by atoms with Crippen molar-refractivity contribution in [1.29, 1.82) is 0 Å². The van der Waals surface area contributed by atoms with Crippen LogP contribution >= 0.6 is 15.9 Å². The van der Waals surface area contributed by atoms with Crippen LogP contribution in [-0.2, 0) is 0 Å². The van der Waals surface area contributed by atoms with Crippen molar-refractivity contribution in [2.45, 2.75) is 12.5 Å². The van der Waals surface area contributed by atoms with E-state index in [4.69, 9.17) is 0 Å². The standard InChI is InChI=1S/C13H13BrN2O2/c14-9-2-1-8-5-12(15-11(8)6-9)13(18)16-4-3-10(17)7-16/h1-2,5-6,10,15,17H,3-4,7H2/t10-/m1/s1. The van der Waals surface area contributed by atoms with Crippen LogP contribution in [0.4, 0.5) is 0 Å². The van der Waals surface area contributed by atoms with Gasteiger partial charge in [0.25, 0.3) is 5.91 Å². The lowest BCUT2D eigenvalue weighted by Gasteiger charge is -2.13. The van der Waals surface area contributed by atoms with Gasteiger partial charge in [0, 0.05) is 28.5 Å². The molecule has 0 spiro atoms. The first-order valence-corrected chi connectivity index (χ1v) is 6.68. The second-order valence-electron chi connectivity index (χ2n) is 4.61. The van der Waals surface area contributed by atoms with Crippen LogP contribution in [0.3, 0.4) is 0 Å². The van der Waals surface area contributed by atoms with Crippen LogP contribution in [0.2, 0.25) is 0 Å². The van der Waals surface area contributed by atoms with Crippen molar-refractivity contribution in [3.8, 4) is 0 Å². The molecule has 1 atom stereocenters. The van der Waals surface area contributed by atoms with Crippen LogP contribution in [0, 0.1) is 0 Å². The molecule has 5 heteroatoms. The number of hydrogen-bond acceptors (Lipinski definition) is 2. The zero-order chi connectivity index (χ0) is 12.7. The van der Waals surface area contributed by atoms with E-state index in [0.717, 1.165) is 15.4 Å². The van der Waals surface area contributed by atoms with E-state index in [1.165, 1.54) is 0 Å². The Labute approximate surface area is 113 Å². The summed E-state index contributed by atoms with van der Waals surface area (Å²) < 4.78 is 0.979. The van der Waals surface area contributed by atoms with Crippen molar-refractivity contribution in [3.63, 3.8) is 0 Å². The van der Waals surface area contributed by atoms with Crippen molar-refractivity contribution in [2.24, 2.45) is 0 Å². The summed E-state index contributed by atoms with van der Waals surface area (Å²) in [5.74, 6) is -0.0427. The summed E-state index contributed by atoms with van der Waals surface area (Å²) in [7, 11) is 0. The second kappa shape index (κ2) is 4.40. The number of halogens is 1. The fourth-order valence-electron chi connectivity index (χ4n) is 2.31. The van der Waals surface area contributed by atoms with Gasteiger partial charge in [0.2, 0.25) is 0 Å². The zero-order valence-electron chi connectivity index (χ0n) is 9.69. The highest BCUT2D eigenvalue weighted by Crippen LogP contribution is 2.22. The van der Waals surface area contributed by atoms with E-state index < -0.39 is 0 Å². The third kappa shape index (κ3) is 2.04. The maximum absolute atomic E-state index is 12.2. The van der Waals surface area contributed by atoms with Crippen molar-refractivity contribution >= 4 is 32.7 Å². The molecule has 0 bridgehead atoms. The van der Waals surface area contributed by atoms with Crippen LogP contribution in [0.5, 0.6) is 0 Å². The number of nitrogens with one attached hydrogen (secondary N) is 1. The predicted molar refractivity (Wildman–Crippen MR) is 72.5 cm³/mol. The molecular formula is C13H13BrN2O2. The van der Waals surface area contributed by atoms with Gasteiger partial charge in [-0.3, -0.25) is 4.79 Å². The number of aliphatic hydroxyl groups excluding tert-OH is 1. The maximum atomic E-state index is 12.2. The highest BCUT2D eigenvalue weighted by atomic mass is 79.9. The SMILES string of the molecule is O=C(c1cc2ccc(Br)cc2[nH]1)N1CC[C@@H](O)C1. The lowest BCUT2D eigenvalue weighted by molar-refractivity contribution is 0.0760. The molecule has 2 N–H and O–H groups in total. The van der Waals surface area contributed by atoms with Gasteiger partial charge < -0.3 is 15.0 Å².